The van der Waals surface area contributed by atoms with E-state index in [1.807, 2.05) is 29.4 Å². The molecule has 0 bridgehead atoms. The van der Waals surface area contributed by atoms with E-state index in [2.05, 4.69) is 26.4 Å². The van der Waals surface area contributed by atoms with Crippen LogP contribution in [0.2, 0.25) is 0 Å². The van der Waals surface area contributed by atoms with Gasteiger partial charge in [-0.25, -0.2) is 5.09 Å². The number of carbonyl (C=O) groups is 4. The number of hydrogen-bond acceptors (Lipinski definition) is 9. The van der Waals surface area contributed by atoms with Crippen molar-refractivity contribution in [2.75, 3.05) is 31.1 Å². The van der Waals surface area contributed by atoms with Gasteiger partial charge in [-0.3, -0.25) is 28.7 Å². The van der Waals surface area contributed by atoms with Gasteiger partial charge in [-0.2, -0.15) is 0 Å². The number of nitrogens with one attached hydrogen (secondary N) is 2. The highest BCUT2D eigenvalue weighted by Crippen LogP contribution is 2.47. The largest absolute Gasteiger partial charge is 0.480 e. The molecule has 13 nitrogen and oxygen atoms in total. The van der Waals surface area contributed by atoms with Gasteiger partial charge in [0.2, 0.25) is 11.8 Å². The fourth-order valence-electron chi connectivity index (χ4n) is 8.24. The fourth-order valence-corrected chi connectivity index (χ4v) is 11.2. The molecular formula is C40H45N6O7PS. The average Bonchev–Trinajstić information content (AvgIpc) is 3.71. The zero-order valence-electron chi connectivity index (χ0n) is 30.6. The minimum absolute atomic E-state index is 0.0138. The maximum Gasteiger partial charge on any atom is 0.321 e. The molecule has 3 N–H and O–H groups in total. The maximum atomic E-state index is 14.1. The van der Waals surface area contributed by atoms with E-state index in [-0.39, 0.29) is 35.8 Å². The molecule has 15 heteroatoms. The van der Waals surface area contributed by atoms with Crippen LogP contribution in [0.3, 0.4) is 0 Å². The molecule has 0 radical (unpaired) electrons. The summed E-state index contributed by atoms with van der Waals surface area (Å²) in [5.41, 5.74) is 3.03. The fraction of sp³-hybridized carbons (Fsp3) is 0.425. The summed E-state index contributed by atoms with van der Waals surface area (Å²) in [4.78, 5) is 64.2. The number of fused-ring (bicyclic) bond motifs is 2. The summed E-state index contributed by atoms with van der Waals surface area (Å²) >= 11 is 1.29. The predicted octanol–water partition coefficient (Wildman–Crippen LogP) is 5.61. The van der Waals surface area contributed by atoms with Crippen molar-refractivity contribution in [1.29, 1.82) is 0 Å². The van der Waals surface area contributed by atoms with E-state index < -0.39 is 31.6 Å². The minimum Gasteiger partial charge on any atom is -0.480 e. The number of hydrogen-bond donors (Lipinski definition) is 3. The lowest BCUT2D eigenvalue weighted by atomic mass is 9.89. The Morgan fingerprint density at radius 3 is 2.56 bits per heavy atom. The van der Waals surface area contributed by atoms with E-state index in [9.17, 15) is 28.8 Å². The van der Waals surface area contributed by atoms with Crippen LogP contribution >= 0.6 is 18.9 Å². The highest BCUT2D eigenvalue weighted by Gasteiger charge is 2.48. The summed E-state index contributed by atoms with van der Waals surface area (Å²) in [5.74, 6) is -1.16. The molecule has 4 aliphatic heterocycles. The summed E-state index contributed by atoms with van der Waals surface area (Å²) < 4.78 is 20.7. The minimum atomic E-state index is -3.73. The van der Waals surface area contributed by atoms with Crippen molar-refractivity contribution in [3.63, 3.8) is 0 Å². The number of pyridine rings is 1. The third-order valence-electron chi connectivity index (χ3n) is 11.3. The van der Waals surface area contributed by atoms with E-state index in [0.717, 1.165) is 42.4 Å². The van der Waals surface area contributed by atoms with Gasteiger partial charge in [-0.15, -0.1) is 11.3 Å². The van der Waals surface area contributed by atoms with Crippen LogP contribution in [0.5, 0.6) is 5.75 Å². The molecule has 0 spiro atoms. The summed E-state index contributed by atoms with van der Waals surface area (Å²) in [6, 6.07) is 15.4. The number of amides is 3. The van der Waals surface area contributed by atoms with Gasteiger partial charge in [0, 0.05) is 66.5 Å². The average molecular weight is 785 g/mol. The normalized spacial score (nSPS) is 22.9. The zero-order chi connectivity index (χ0) is 38.3. The van der Waals surface area contributed by atoms with Crippen LogP contribution in [0.25, 0.3) is 10.1 Å². The molecule has 0 aliphatic carbocycles. The Labute approximate surface area is 323 Å². The molecule has 2 aromatic heterocycles. The molecular weight excluding hydrogens is 740 g/mol. The molecule has 4 fully saturated rings. The Morgan fingerprint density at radius 2 is 1.82 bits per heavy atom. The number of benzene rings is 2. The van der Waals surface area contributed by atoms with Gasteiger partial charge in [-0.1, -0.05) is 24.3 Å². The van der Waals surface area contributed by atoms with Crippen LogP contribution in [0, 0.1) is 0 Å². The molecule has 55 heavy (non-hydrogen) atoms. The van der Waals surface area contributed by atoms with Gasteiger partial charge in [0.1, 0.15) is 23.9 Å². The molecule has 4 aromatic rings. The second kappa shape index (κ2) is 15.4. The number of anilines is 1. The lowest BCUT2D eigenvalue weighted by molar-refractivity contribution is -0.148. The predicted molar refractivity (Wildman–Crippen MR) is 210 cm³/mol. The molecule has 1 unspecified atom stereocenters. The number of nitrogens with zero attached hydrogens (tertiary/aromatic N) is 4. The Balaban J connectivity index is 0.928. The quantitative estimate of drug-likeness (QED) is 0.154. The Hall–Kier alpha value is -4.78. The lowest BCUT2D eigenvalue weighted by Gasteiger charge is -2.44. The van der Waals surface area contributed by atoms with E-state index >= 15 is 0 Å². The van der Waals surface area contributed by atoms with Crippen LogP contribution in [-0.4, -0.2) is 93.9 Å². The Bertz CT molecular complexity index is 2160. The number of para-hydroxylation sites is 1. The number of aliphatic carboxylic acids is 1. The molecule has 4 saturated heterocycles. The molecule has 5 atom stereocenters. The number of carboxylic acids is 1. The first-order valence-electron chi connectivity index (χ1n) is 19.0. The van der Waals surface area contributed by atoms with Crippen molar-refractivity contribution in [2.24, 2.45) is 0 Å². The monoisotopic (exact) mass is 784 g/mol. The van der Waals surface area contributed by atoms with E-state index in [0.29, 0.717) is 42.1 Å². The van der Waals surface area contributed by atoms with Gasteiger partial charge >= 0.3 is 13.5 Å². The van der Waals surface area contributed by atoms with Crippen LogP contribution in [0.1, 0.15) is 72.2 Å². The topological polar surface area (TPSA) is 161 Å². The van der Waals surface area contributed by atoms with Crippen LogP contribution in [-0.2, 0) is 25.1 Å². The maximum absolute atomic E-state index is 14.1. The molecule has 8 rings (SSSR count). The van der Waals surface area contributed by atoms with Gasteiger partial charge in [0.15, 0.2) is 0 Å². The lowest BCUT2D eigenvalue weighted by Crippen LogP contribution is -2.58. The van der Waals surface area contributed by atoms with E-state index in [1.54, 1.807) is 47.4 Å². The van der Waals surface area contributed by atoms with Crippen molar-refractivity contribution in [3.8, 4) is 5.75 Å². The summed E-state index contributed by atoms with van der Waals surface area (Å²) in [7, 11) is -3.73. The standard InChI is InChI=1S/C40H45N6O7PS/c1-25(40(50)51)43-54(52,53-30-8-3-2-4-9-30)24-26-11-14-35-27(19-26)20-36(55-35)37(47)42-32-10-5-7-29-12-13-34(46(29)38(32)48)39(49)45-22-28(23-45)31-21-41-16-15-33(31)44-17-6-18-44/h2-4,8-9,11,14-16,19-21,25,28-29,32,34H,5-7,10,12-13,17-18,22-24H2,1H3,(H,42,47)(H,43,52)(H,50,51)/t25-,29-,32-,34-,54?/m0/s1. The SMILES string of the molecule is C[C@H](NP(=O)(Cc1ccc2sc(C(=O)N[C@H]3CCC[C@H]4CC[C@@H](C(=O)N5CC(c6cnccc6N6CCC6)C5)N4C3=O)cc2c1)Oc1ccccc1)C(=O)O. The Morgan fingerprint density at radius 1 is 1.02 bits per heavy atom. The summed E-state index contributed by atoms with van der Waals surface area (Å²) in [5, 5.41) is 15.9. The van der Waals surface area contributed by atoms with E-state index in [1.165, 1.54) is 35.9 Å². The highest BCUT2D eigenvalue weighted by molar-refractivity contribution is 7.56. The number of aromatic nitrogens is 1. The Kier molecular flexibility index (Phi) is 10.4. The second-order valence-electron chi connectivity index (χ2n) is 15.1. The number of carboxylic acid groups (broad SMARTS) is 1. The third kappa shape index (κ3) is 7.72. The first-order chi connectivity index (χ1) is 26.5. The highest BCUT2D eigenvalue weighted by atomic mass is 32.1. The van der Waals surface area contributed by atoms with Gasteiger partial charge in [-0.05, 0) is 92.8 Å². The van der Waals surface area contributed by atoms with Crippen LogP contribution in [0.4, 0.5) is 5.69 Å². The summed E-state index contributed by atoms with van der Waals surface area (Å²) in [6.07, 6.45) is 8.30. The molecule has 4 aliphatic rings. The van der Waals surface area contributed by atoms with Crippen molar-refractivity contribution < 1.29 is 33.4 Å². The van der Waals surface area contributed by atoms with Gasteiger partial charge in [0.25, 0.3) is 5.91 Å². The van der Waals surface area contributed by atoms with Crippen molar-refractivity contribution in [3.05, 3.63) is 89.1 Å². The van der Waals surface area contributed by atoms with Crippen molar-refractivity contribution in [2.45, 2.75) is 81.7 Å². The molecule has 6 heterocycles. The van der Waals surface area contributed by atoms with Crippen LogP contribution in [0.15, 0.2) is 73.1 Å². The molecule has 2 aromatic carbocycles. The summed E-state index contributed by atoms with van der Waals surface area (Å²) in [6.45, 7) is 4.71. The number of thiophene rings is 1. The first kappa shape index (κ1) is 37.2. The smallest absolute Gasteiger partial charge is 0.321 e. The van der Waals surface area contributed by atoms with Crippen LogP contribution < -0.4 is 19.8 Å². The van der Waals surface area contributed by atoms with Gasteiger partial charge < -0.3 is 29.6 Å². The number of likely N-dealkylation sites (tertiary alicyclic amines) is 1. The third-order valence-corrected chi connectivity index (χ3v) is 14.5. The number of carbonyl (C=O) groups excluding carboxylic acids is 3. The molecule has 288 valence electrons. The second-order valence-corrected chi connectivity index (χ2v) is 18.3. The van der Waals surface area contributed by atoms with Crippen molar-refractivity contribution in [1.82, 2.24) is 25.2 Å². The molecule has 3 amide bonds. The van der Waals surface area contributed by atoms with Crippen molar-refractivity contribution >= 4 is 58.3 Å². The number of rotatable bonds is 12. The zero-order valence-corrected chi connectivity index (χ0v) is 32.3. The first-order valence-corrected chi connectivity index (χ1v) is 21.7. The van der Waals surface area contributed by atoms with E-state index in [4.69, 9.17) is 4.52 Å². The molecule has 0 saturated carbocycles. The van der Waals surface area contributed by atoms with Gasteiger partial charge in [0.05, 0.1) is 11.0 Å².